The van der Waals surface area contributed by atoms with E-state index in [0.29, 0.717) is 0 Å². The molecule has 2 amide bonds. The molecule has 0 radical (unpaired) electrons. The van der Waals surface area contributed by atoms with Gasteiger partial charge in [0.05, 0.1) is 0 Å². The molecule has 0 aliphatic rings. The van der Waals surface area contributed by atoms with Crippen molar-refractivity contribution in [3.8, 4) is 0 Å². The molecule has 17 heavy (non-hydrogen) atoms. The first-order valence-corrected chi connectivity index (χ1v) is 6.96. The maximum absolute atomic E-state index is 11.7. The lowest BCUT2D eigenvalue weighted by Crippen LogP contribution is -2.48. The van der Waals surface area contributed by atoms with Crippen molar-refractivity contribution < 1.29 is 18.9 Å². The molecule has 0 heterocycles. The van der Waals surface area contributed by atoms with Crippen LogP contribution in [0.4, 0.5) is 4.79 Å². The summed E-state index contributed by atoms with van der Waals surface area (Å²) in [4.78, 5) is 23.5. The van der Waals surface area contributed by atoms with Crippen LogP contribution in [0.1, 0.15) is 20.8 Å². The van der Waals surface area contributed by atoms with Gasteiger partial charge in [0.1, 0.15) is 6.54 Å². The third kappa shape index (κ3) is 6.25. The number of carbonyl (C=O) groups is 2. The van der Waals surface area contributed by atoms with Crippen LogP contribution in [-0.4, -0.2) is 56.9 Å². The molecule has 0 saturated carbocycles. The number of hydrogen-bond donors (Lipinski definition) is 2. The zero-order valence-corrected chi connectivity index (χ0v) is 11.4. The Morgan fingerprint density at radius 1 is 1.35 bits per heavy atom. The topological polar surface area (TPSA) is 86.7 Å². The molecule has 2 atom stereocenters. The van der Waals surface area contributed by atoms with Crippen molar-refractivity contribution in [2.45, 2.75) is 32.1 Å². The second-order valence-electron chi connectivity index (χ2n) is 4.11. The molecule has 0 aromatic rings. The van der Waals surface area contributed by atoms with Crippen LogP contribution in [0.25, 0.3) is 0 Å². The number of hydrogen-bond acceptors (Lipinski definition) is 3. The van der Waals surface area contributed by atoms with Gasteiger partial charge in [-0.15, -0.1) is 0 Å². The summed E-state index contributed by atoms with van der Waals surface area (Å²) in [6.45, 7) is 5.17. The Kier molecular flexibility index (Phi) is 6.79. The summed E-state index contributed by atoms with van der Waals surface area (Å²) in [6.07, 6.45) is 1.56. The van der Waals surface area contributed by atoms with Gasteiger partial charge >= 0.3 is 12.0 Å². The minimum atomic E-state index is -1.05. The van der Waals surface area contributed by atoms with Crippen LogP contribution in [0.5, 0.6) is 0 Å². The molecule has 0 aliphatic heterocycles. The van der Waals surface area contributed by atoms with Crippen molar-refractivity contribution in [3.05, 3.63) is 0 Å². The summed E-state index contributed by atoms with van der Waals surface area (Å²) in [5, 5.41) is 11.1. The van der Waals surface area contributed by atoms with Crippen LogP contribution in [0.15, 0.2) is 0 Å². The lowest BCUT2D eigenvalue weighted by molar-refractivity contribution is -0.138. The minimum absolute atomic E-state index is 0.155. The first-order valence-electron chi connectivity index (χ1n) is 5.34. The van der Waals surface area contributed by atoms with Gasteiger partial charge in [0.25, 0.3) is 0 Å². The Balaban J connectivity index is 4.33. The van der Waals surface area contributed by atoms with E-state index in [1.807, 2.05) is 0 Å². The van der Waals surface area contributed by atoms with Gasteiger partial charge in [0.15, 0.2) is 0 Å². The predicted octanol–water partition coefficient (Wildman–Crippen LogP) is 0.258. The fourth-order valence-electron chi connectivity index (χ4n) is 1.08. The highest BCUT2D eigenvalue weighted by Crippen LogP contribution is 1.99. The van der Waals surface area contributed by atoms with Crippen LogP contribution in [0.2, 0.25) is 0 Å². The van der Waals surface area contributed by atoms with Crippen molar-refractivity contribution in [2.24, 2.45) is 0 Å². The normalized spacial score (nSPS) is 14.2. The molecule has 0 saturated heterocycles. The van der Waals surface area contributed by atoms with E-state index >= 15 is 0 Å². The van der Waals surface area contributed by atoms with Gasteiger partial charge in [-0.05, 0) is 20.8 Å². The van der Waals surface area contributed by atoms with E-state index in [1.54, 1.807) is 27.0 Å². The molecule has 2 N–H and O–H groups in total. The van der Waals surface area contributed by atoms with Gasteiger partial charge in [0, 0.05) is 34.9 Å². The molecule has 6 nitrogen and oxygen atoms in total. The zero-order chi connectivity index (χ0) is 13.6. The van der Waals surface area contributed by atoms with Crippen LogP contribution < -0.4 is 5.32 Å². The average Bonchev–Trinajstić information content (AvgIpc) is 2.21. The first-order chi connectivity index (χ1) is 7.75. The summed E-state index contributed by atoms with van der Waals surface area (Å²) in [6, 6.07) is -0.645. The van der Waals surface area contributed by atoms with Crippen LogP contribution in [0.3, 0.4) is 0 Å². The Bertz CT molecular complexity index is 307. The number of nitrogens with zero attached hydrogens (tertiary/aromatic N) is 1. The van der Waals surface area contributed by atoms with E-state index in [2.05, 4.69) is 5.32 Å². The fraction of sp³-hybridized carbons (Fsp3) is 0.800. The summed E-state index contributed by atoms with van der Waals surface area (Å²) < 4.78 is 11.1. The summed E-state index contributed by atoms with van der Waals surface area (Å²) in [7, 11) is -1.01. The Hall–Kier alpha value is -1.11. The average molecular weight is 264 g/mol. The van der Waals surface area contributed by atoms with E-state index < -0.39 is 22.8 Å². The van der Waals surface area contributed by atoms with E-state index in [0.717, 1.165) is 0 Å². The van der Waals surface area contributed by atoms with Crippen LogP contribution in [0, 0.1) is 0 Å². The molecular weight excluding hydrogens is 244 g/mol. The van der Waals surface area contributed by atoms with Gasteiger partial charge < -0.3 is 15.3 Å². The van der Waals surface area contributed by atoms with Crippen molar-refractivity contribution in [1.29, 1.82) is 0 Å². The SMILES string of the molecule is CC(C)N(CC(=O)O)C(=O)NCC(C)S(C)=O. The van der Waals surface area contributed by atoms with Gasteiger partial charge in [-0.3, -0.25) is 9.00 Å². The van der Waals surface area contributed by atoms with Gasteiger partial charge in [-0.25, -0.2) is 4.79 Å². The number of nitrogens with one attached hydrogen (secondary N) is 1. The number of carbonyl (C=O) groups excluding carboxylic acids is 1. The number of amides is 2. The molecule has 0 aromatic heterocycles. The monoisotopic (exact) mass is 264 g/mol. The number of urea groups is 1. The molecule has 100 valence electrons. The Morgan fingerprint density at radius 3 is 2.24 bits per heavy atom. The lowest BCUT2D eigenvalue weighted by Gasteiger charge is -2.25. The minimum Gasteiger partial charge on any atom is -0.480 e. The number of carboxylic acids is 1. The molecule has 0 aliphatic carbocycles. The predicted molar refractivity (Wildman–Crippen MR) is 66.4 cm³/mol. The second kappa shape index (κ2) is 7.26. The molecular formula is C10H20N2O4S. The fourth-order valence-corrected chi connectivity index (χ4v) is 1.40. The highest BCUT2D eigenvalue weighted by Gasteiger charge is 2.20. The van der Waals surface area contributed by atoms with Crippen molar-refractivity contribution >= 4 is 22.8 Å². The molecule has 0 rings (SSSR count). The van der Waals surface area contributed by atoms with Crippen molar-refractivity contribution in [2.75, 3.05) is 19.3 Å². The van der Waals surface area contributed by atoms with Gasteiger partial charge in [-0.2, -0.15) is 0 Å². The van der Waals surface area contributed by atoms with E-state index in [1.165, 1.54) is 4.90 Å². The molecule has 0 fully saturated rings. The Labute approximate surface area is 104 Å². The highest BCUT2D eigenvalue weighted by molar-refractivity contribution is 7.84. The van der Waals surface area contributed by atoms with Crippen molar-refractivity contribution in [1.82, 2.24) is 10.2 Å². The quantitative estimate of drug-likeness (QED) is 0.720. The third-order valence-corrected chi connectivity index (χ3v) is 3.60. The summed E-state index contributed by atoms with van der Waals surface area (Å²) in [5.74, 6) is -1.05. The molecule has 0 spiro atoms. The molecule has 2 unspecified atom stereocenters. The maximum Gasteiger partial charge on any atom is 0.323 e. The van der Waals surface area contributed by atoms with Gasteiger partial charge in [0.2, 0.25) is 0 Å². The zero-order valence-electron chi connectivity index (χ0n) is 10.6. The van der Waals surface area contributed by atoms with E-state index in [-0.39, 0.29) is 24.4 Å². The van der Waals surface area contributed by atoms with Gasteiger partial charge in [-0.1, -0.05) is 0 Å². The largest absolute Gasteiger partial charge is 0.480 e. The third-order valence-electron chi connectivity index (χ3n) is 2.30. The summed E-state index contributed by atoms with van der Waals surface area (Å²) in [5.41, 5.74) is 0. The smallest absolute Gasteiger partial charge is 0.323 e. The molecule has 7 heteroatoms. The lowest BCUT2D eigenvalue weighted by atomic mass is 10.3. The van der Waals surface area contributed by atoms with Crippen LogP contribution >= 0.6 is 0 Å². The number of carboxylic acid groups (broad SMARTS) is 1. The summed E-state index contributed by atoms with van der Waals surface area (Å²) >= 11 is 0. The molecule has 0 aromatic carbocycles. The highest BCUT2D eigenvalue weighted by atomic mass is 32.2. The first kappa shape index (κ1) is 15.9. The van der Waals surface area contributed by atoms with E-state index in [9.17, 15) is 13.8 Å². The van der Waals surface area contributed by atoms with E-state index in [4.69, 9.17) is 5.11 Å². The number of aliphatic carboxylic acids is 1. The maximum atomic E-state index is 11.7. The standard InChI is InChI=1S/C10H20N2O4S/c1-7(2)12(6-9(13)14)10(15)11-5-8(3)17(4)16/h7-8H,5-6H2,1-4H3,(H,11,15)(H,13,14). The second-order valence-corrected chi connectivity index (χ2v) is 5.91. The number of rotatable bonds is 6. The van der Waals surface area contributed by atoms with Crippen LogP contribution in [-0.2, 0) is 15.6 Å². The van der Waals surface area contributed by atoms with Crippen molar-refractivity contribution in [3.63, 3.8) is 0 Å². The Morgan fingerprint density at radius 2 is 1.88 bits per heavy atom. The molecule has 0 bridgehead atoms.